The van der Waals surface area contributed by atoms with E-state index >= 15 is 0 Å². The van der Waals surface area contributed by atoms with E-state index in [4.69, 9.17) is 4.74 Å². The molecule has 0 atom stereocenters. The first-order valence-electron chi connectivity index (χ1n) is 7.01. The van der Waals surface area contributed by atoms with Gasteiger partial charge in [-0.1, -0.05) is 44.5 Å². The molecule has 2 rings (SSSR count). The molecule has 0 bridgehead atoms. The van der Waals surface area contributed by atoms with Gasteiger partial charge in [-0.15, -0.1) is 0 Å². The molecule has 0 saturated carbocycles. The lowest BCUT2D eigenvalue weighted by atomic mass is 10.1. The second-order valence-corrected chi connectivity index (χ2v) is 4.67. The predicted molar refractivity (Wildman–Crippen MR) is 79.5 cm³/mol. The highest BCUT2D eigenvalue weighted by molar-refractivity contribution is 5.59. The van der Waals surface area contributed by atoms with Crippen molar-refractivity contribution in [3.63, 3.8) is 0 Å². The molecule has 0 fully saturated rings. The van der Waals surface area contributed by atoms with E-state index < -0.39 is 0 Å². The summed E-state index contributed by atoms with van der Waals surface area (Å²) in [6.45, 7) is 5.04. The Morgan fingerprint density at radius 3 is 2.32 bits per heavy atom. The van der Waals surface area contributed by atoms with E-state index in [1.165, 1.54) is 12.0 Å². The minimum absolute atomic E-state index is 0.743. The quantitative estimate of drug-likeness (QED) is 0.758. The number of aryl methyl sites for hydroxylation is 1. The predicted octanol–water partition coefficient (Wildman–Crippen LogP) is 4.49. The molecule has 0 radical (unpaired) electrons. The zero-order valence-electron chi connectivity index (χ0n) is 11.7. The third kappa shape index (κ3) is 3.82. The summed E-state index contributed by atoms with van der Waals surface area (Å²) in [6, 6.07) is 12.6. The fourth-order valence-electron chi connectivity index (χ4n) is 1.99. The standard InChI is InChI=1S/C17H21NO/c1-3-5-14-6-8-15(9-7-14)17-11-10-16(13-18-17)19-12-4-2/h6-11,13H,3-5,12H2,1-2H3. The lowest BCUT2D eigenvalue weighted by molar-refractivity contribution is 0.316. The van der Waals surface area contributed by atoms with E-state index in [0.29, 0.717) is 0 Å². The Labute approximate surface area is 115 Å². The summed E-state index contributed by atoms with van der Waals surface area (Å²) in [5.74, 6) is 0.841. The molecule has 2 nitrogen and oxygen atoms in total. The van der Waals surface area contributed by atoms with Crippen LogP contribution in [0.3, 0.4) is 0 Å². The Morgan fingerprint density at radius 2 is 1.74 bits per heavy atom. The maximum absolute atomic E-state index is 5.53. The minimum atomic E-state index is 0.743. The molecule has 0 spiro atoms. The molecule has 1 aromatic carbocycles. The van der Waals surface area contributed by atoms with Crippen LogP contribution in [0, 0.1) is 0 Å². The van der Waals surface area contributed by atoms with Crippen LogP contribution in [0.25, 0.3) is 11.3 Å². The van der Waals surface area contributed by atoms with E-state index in [1.54, 1.807) is 6.20 Å². The average Bonchev–Trinajstić information content (AvgIpc) is 2.47. The van der Waals surface area contributed by atoms with Crippen LogP contribution < -0.4 is 4.74 Å². The summed E-state index contributed by atoms with van der Waals surface area (Å²) in [6.07, 6.45) is 5.13. The van der Waals surface area contributed by atoms with Crippen molar-refractivity contribution in [1.82, 2.24) is 4.98 Å². The van der Waals surface area contributed by atoms with Gasteiger partial charge in [0.2, 0.25) is 0 Å². The van der Waals surface area contributed by atoms with Gasteiger partial charge < -0.3 is 4.74 Å². The second-order valence-electron chi connectivity index (χ2n) is 4.67. The molecule has 2 heteroatoms. The fourth-order valence-corrected chi connectivity index (χ4v) is 1.99. The minimum Gasteiger partial charge on any atom is -0.492 e. The third-order valence-corrected chi connectivity index (χ3v) is 3.00. The van der Waals surface area contributed by atoms with Gasteiger partial charge in [-0.2, -0.15) is 0 Å². The molecular formula is C17H21NO. The maximum atomic E-state index is 5.53. The Bertz CT molecular complexity index is 488. The van der Waals surface area contributed by atoms with Gasteiger partial charge in [0.15, 0.2) is 0 Å². The molecule has 0 amide bonds. The van der Waals surface area contributed by atoms with Gasteiger partial charge in [0.05, 0.1) is 18.5 Å². The van der Waals surface area contributed by atoms with Crippen LogP contribution >= 0.6 is 0 Å². The largest absolute Gasteiger partial charge is 0.492 e. The van der Waals surface area contributed by atoms with Crippen LogP contribution in [-0.2, 0) is 6.42 Å². The van der Waals surface area contributed by atoms with E-state index in [9.17, 15) is 0 Å². The lowest BCUT2D eigenvalue weighted by Crippen LogP contribution is -1.95. The van der Waals surface area contributed by atoms with Gasteiger partial charge in [-0.3, -0.25) is 4.98 Å². The van der Waals surface area contributed by atoms with Gasteiger partial charge in [-0.05, 0) is 30.5 Å². The van der Waals surface area contributed by atoms with E-state index in [1.807, 2.05) is 12.1 Å². The fraction of sp³-hybridized carbons (Fsp3) is 0.353. The first-order valence-corrected chi connectivity index (χ1v) is 7.01. The monoisotopic (exact) mass is 255 g/mol. The first kappa shape index (κ1) is 13.6. The number of aromatic nitrogens is 1. The molecule has 0 aliphatic rings. The number of rotatable bonds is 6. The SMILES string of the molecule is CCCOc1ccc(-c2ccc(CCC)cc2)nc1. The molecule has 0 aliphatic heterocycles. The van der Waals surface area contributed by atoms with Crippen molar-refractivity contribution in [2.24, 2.45) is 0 Å². The third-order valence-electron chi connectivity index (χ3n) is 3.00. The summed E-state index contributed by atoms with van der Waals surface area (Å²) in [4.78, 5) is 4.45. The van der Waals surface area contributed by atoms with Crippen LogP contribution in [0.4, 0.5) is 0 Å². The van der Waals surface area contributed by atoms with Gasteiger partial charge in [0.1, 0.15) is 5.75 Å². The van der Waals surface area contributed by atoms with Crippen molar-refractivity contribution in [2.45, 2.75) is 33.1 Å². The molecule has 0 N–H and O–H groups in total. The van der Waals surface area contributed by atoms with Crippen LogP contribution in [0.5, 0.6) is 5.75 Å². The Hall–Kier alpha value is -1.83. The summed E-state index contributed by atoms with van der Waals surface area (Å²) in [5.41, 5.74) is 3.53. The normalized spacial score (nSPS) is 10.4. The highest BCUT2D eigenvalue weighted by atomic mass is 16.5. The molecule has 0 aliphatic carbocycles. The van der Waals surface area contributed by atoms with Crippen LogP contribution in [0.1, 0.15) is 32.3 Å². The van der Waals surface area contributed by atoms with Crippen molar-refractivity contribution in [3.8, 4) is 17.0 Å². The molecular weight excluding hydrogens is 234 g/mol. The van der Waals surface area contributed by atoms with Gasteiger partial charge in [0.25, 0.3) is 0 Å². The van der Waals surface area contributed by atoms with Crippen LogP contribution in [0.15, 0.2) is 42.6 Å². The highest BCUT2D eigenvalue weighted by Gasteiger charge is 2.00. The van der Waals surface area contributed by atoms with Crippen molar-refractivity contribution >= 4 is 0 Å². The van der Waals surface area contributed by atoms with Crippen molar-refractivity contribution in [1.29, 1.82) is 0 Å². The first-order chi connectivity index (χ1) is 9.33. The Kier molecular flexibility index (Phi) is 4.96. The van der Waals surface area contributed by atoms with E-state index in [2.05, 4.69) is 43.1 Å². The van der Waals surface area contributed by atoms with Crippen molar-refractivity contribution < 1.29 is 4.74 Å². The number of hydrogen-bond acceptors (Lipinski definition) is 2. The topological polar surface area (TPSA) is 22.1 Å². The molecule has 19 heavy (non-hydrogen) atoms. The molecule has 2 aromatic rings. The maximum Gasteiger partial charge on any atom is 0.137 e. The smallest absolute Gasteiger partial charge is 0.137 e. The van der Waals surface area contributed by atoms with Crippen LogP contribution in [-0.4, -0.2) is 11.6 Å². The van der Waals surface area contributed by atoms with Gasteiger partial charge >= 0.3 is 0 Å². The number of ether oxygens (including phenoxy) is 1. The highest BCUT2D eigenvalue weighted by Crippen LogP contribution is 2.20. The summed E-state index contributed by atoms with van der Waals surface area (Å²) in [7, 11) is 0. The average molecular weight is 255 g/mol. The van der Waals surface area contributed by atoms with Gasteiger partial charge in [0, 0.05) is 5.56 Å². The Balaban J connectivity index is 2.08. The molecule has 1 heterocycles. The number of benzene rings is 1. The molecule has 0 saturated heterocycles. The van der Waals surface area contributed by atoms with Crippen molar-refractivity contribution in [2.75, 3.05) is 6.61 Å². The molecule has 0 unspecified atom stereocenters. The number of hydrogen-bond donors (Lipinski definition) is 0. The van der Waals surface area contributed by atoms with Gasteiger partial charge in [-0.25, -0.2) is 0 Å². The van der Waals surface area contributed by atoms with E-state index in [0.717, 1.165) is 36.5 Å². The summed E-state index contributed by atoms with van der Waals surface area (Å²) < 4.78 is 5.53. The summed E-state index contributed by atoms with van der Waals surface area (Å²) >= 11 is 0. The number of pyridine rings is 1. The summed E-state index contributed by atoms with van der Waals surface area (Å²) in [5, 5.41) is 0. The zero-order valence-corrected chi connectivity index (χ0v) is 11.7. The number of nitrogens with zero attached hydrogens (tertiary/aromatic N) is 1. The van der Waals surface area contributed by atoms with Crippen LogP contribution in [0.2, 0.25) is 0 Å². The lowest BCUT2D eigenvalue weighted by Gasteiger charge is -2.06. The Morgan fingerprint density at radius 1 is 0.947 bits per heavy atom. The van der Waals surface area contributed by atoms with Crippen molar-refractivity contribution in [3.05, 3.63) is 48.2 Å². The zero-order chi connectivity index (χ0) is 13.5. The second kappa shape index (κ2) is 6.93. The van der Waals surface area contributed by atoms with E-state index in [-0.39, 0.29) is 0 Å². The molecule has 100 valence electrons. The molecule has 1 aromatic heterocycles.